The molecule has 1 heterocycles. The first kappa shape index (κ1) is 15.4. The number of amides is 1. The molecule has 1 atom stereocenters. The van der Waals surface area contributed by atoms with Crippen molar-refractivity contribution in [2.75, 3.05) is 46.4 Å². The minimum Gasteiger partial charge on any atom is -0.380 e. The van der Waals surface area contributed by atoms with Crippen LogP contribution in [0.5, 0.6) is 0 Å². The number of piperazine rings is 1. The van der Waals surface area contributed by atoms with Crippen molar-refractivity contribution in [1.29, 1.82) is 0 Å². The molecule has 1 unspecified atom stereocenters. The van der Waals surface area contributed by atoms with Gasteiger partial charge in [0.2, 0.25) is 5.91 Å². The van der Waals surface area contributed by atoms with Crippen molar-refractivity contribution in [1.82, 2.24) is 15.5 Å². The molecule has 0 saturated carbocycles. The van der Waals surface area contributed by atoms with E-state index in [1.165, 1.54) is 0 Å². The van der Waals surface area contributed by atoms with E-state index in [9.17, 15) is 4.79 Å². The van der Waals surface area contributed by atoms with Crippen molar-refractivity contribution in [2.24, 2.45) is 5.92 Å². The number of rotatable bonds is 7. The summed E-state index contributed by atoms with van der Waals surface area (Å²) in [6.07, 6.45) is 1.10. The molecule has 1 saturated heterocycles. The van der Waals surface area contributed by atoms with Crippen LogP contribution >= 0.6 is 0 Å². The van der Waals surface area contributed by atoms with Crippen molar-refractivity contribution in [3.8, 4) is 0 Å². The quantitative estimate of drug-likeness (QED) is 0.634. The normalized spacial score (nSPS) is 21.2. The second-order valence-electron chi connectivity index (χ2n) is 5.17. The summed E-state index contributed by atoms with van der Waals surface area (Å²) in [7, 11) is 1.69. The van der Waals surface area contributed by atoms with Gasteiger partial charge in [-0.3, -0.25) is 9.69 Å². The Hall–Kier alpha value is -0.650. The van der Waals surface area contributed by atoms with Gasteiger partial charge in [-0.2, -0.15) is 0 Å². The largest absolute Gasteiger partial charge is 0.380 e. The topological polar surface area (TPSA) is 53.6 Å². The zero-order chi connectivity index (χ0) is 13.4. The van der Waals surface area contributed by atoms with Gasteiger partial charge in [-0.1, -0.05) is 13.8 Å². The van der Waals surface area contributed by atoms with Crippen molar-refractivity contribution >= 4 is 5.91 Å². The molecule has 1 amide bonds. The van der Waals surface area contributed by atoms with Crippen molar-refractivity contribution in [2.45, 2.75) is 26.3 Å². The Morgan fingerprint density at radius 1 is 1.50 bits per heavy atom. The Kier molecular flexibility index (Phi) is 7.23. The van der Waals surface area contributed by atoms with Gasteiger partial charge in [0.25, 0.3) is 0 Å². The summed E-state index contributed by atoms with van der Waals surface area (Å²) in [6, 6.07) is -0.0579. The van der Waals surface area contributed by atoms with Crippen LogP contribution in [-0.4, -0.2) is 63.3 Å². The molecule has 0 spiro atoms. The van der Waals surface area contributed by atoms with Crippen molar-refractivity contribution < 1.29 is 9.53 Å². The van der Waals surface area contributed by atoms with E-state index in [0.717, 1.165) is 39.2 Å². The number of nitrogens with one attached hydrogen (secondary N) is 2. The predicted molar refractivity (Wildman–Crippen MR) is 72.6 cm³/mol. The highest BCUT2D eigenvalue weighted by Gasteiger charge is 2.27. The number of carbonyl (C=O) groups excluding carboxylic acids is 1. The molecular weight excluding hydrogens is 230 g/mol. The summed E-state index contributed by atoms with van der Waals surface area (Å²) in [5, 5.41) is 5.97. The first-order chi connectivity index (χ1) is 8.65. The van der Waals surface area contributed by atoms with Crippen LogP contribution in [0.15, 0.2) is 0 Å². The number of ether oxygens (including phenoxy) is 1. The molecule has 1 aliphatic rings. The fourth-order valence-electron chi connectivity index (χ4n) is 2.04. The maximum atomic E-state index is 11.7. The fraction of sp³-hybridized carbons (Fsp3) is 0.923. The Morgan fingerprint density at radius 3 is 2.94 bits per heavy atom. The lowest BCUT2D eigenvalue weighted by Gasteiger charge is -2.34. The van der Waals surface area contributed by atoms with Crippen LogP contribution in [0.2, 0.25) is 0 Å². The maximum Gasteiger partial charge on any atom is 0.238 e. The minimum absolute atomic E-state index is 0.0579. The summed E-state index contributed by atoms with van der Waals surface area (Å²) >= 11 is 0. The van der Waals surface area contributed by atoms with Crippen molar-refractivity contribution in [3.63, 3.8) is 0 Å². The van der Waals surface area contributed by atoms with Gasteiger partial charge in [-0.25, -0.2) is 0 Å². The van der Waals surface area contributed by atoms with E-state index in [2.05, 4.69) is 29.4 Å². The van der Waals surface area contributed by atoms with Crippen LogP contribution in [0.1, 0.15) is 20.3 Å². The van der Waals surface area contributed by atoms with E-state index in [4.69, 9.17) is 4.74 Å². The van der Waals surface area contributed by atoms with Crippen LogP contribution in [0.4, 0.5) is 0 Å². The van der Waals surface area contributed by atoms with Gasteiger partial charge >= 0.3 is 0 Å². The molecule has 5 heteroatoms. The number of hydrogen-bond acceptors (Lipinski definition) is 4. The van der Waals surface area contributed by atoms with Crippen LogP contribution in [-0.2, 0) is 9.53 Å². The molecule has 1 rings (SSSR count). The zero-order valence-corrected chi connectivity index (χ0v) is 11.9. The van der Waals surface area contributed by atoms with E-state index in [-0.39, 0.29) is 11.9 Å². The SMILES string of the molecule is CNC(=O)C1CNCCN1CCOCCC(C)C. The molecular formula is C13H27N3O2. The van der Waals surface area contributed by atoms with Gasteiger partial charge in [0.1, 0.15) is 6.04 Å². The van der Waals surface area contributed by atoms with Gasteiger partial charge in [0.05, 0.1) is 6.61 Å². The lowest BCUT2D eigenvalue weighted by atomic mass is 10.1. The summed E-state index contributed by atoms with van der Waals surface area (Å²) in [6.45, 7) is 9.33. The molecule has 2 N–H and O–H groups in total. The summed E-state index contributed by atoms with van der Waals surface area (Å²) in [5.41, 5.74) is 0. The predicted octanol–water partition coefficient (Wildman–Crippen LogP) is 0.0689. The van der Waals surface area contributed by atoms with E-state index in [1.807, 2.05) is 0 Å². The highest BCUT2D eigenvalue weighted by Crippen LogP contribution is 2.04. The Balaban J connectivity index is 2.23. The molecule has 18 heavy (non-hydrogen) atoms. The van der Waals surface area contributed by atoms with Crippen LogP contribution < -0.4 is 10.6 Å². The number of carbonyl (C=O) groups is 1. The number of hydrogen-bond donors (Lipinski definition) is 2. The highest BCUT2D eigenvalue weighted by atomic mass is 16.5. The van der Waals surface area contributed by atoms with Gasteiger partial charge in [0, 0.05) is 39.8 Å². The van der Waals surface area contributed by atoms with E-state index in [0.29, 0.717) is 12.5 Å². The molecule has 0 aromatic rings. The first-order valence-electron chi connectivity index (χ1n) is 6.89. The standard InChI is InChI=1S/C13H27N3O2/c1-11(2)4-8-18-9-7-16-6-5-15-10-12(16)13(17)14-3/h11-12,15H,4-10H2,1-3H3,(H,14,17). The molecule has 106 valence electrons. The fourth-order valence-corrected chi connectivity index (χ4v) is 2.04. The summed E-state index contributed by atoms with van der Waals surface area (Å²) in [4.78, 5) is 13.9. The molecule has 0 aliphatic carbocycles. The Morgan fingerprint density at radius 2 is 2.28 bits per heavy atom. The monoisotopic (exact) mass is 257 g/mol. The van der Waals surface area contributed by atoms with Gasteiger partial charge in [-0.05, 0) is 12.3 Å². The van der Waals surface area contributed by atoms with E-state index >= 15 is 0 Å². The third-order valence-electron chi connectivity index (χ3n) is 3.27. The zero-order valence-electron chi connectivity index (χ0n) is 11.9. The van der Waals surface area contributed by atoms with Crippen LogP contribution in [0.25, 0.3) is 0 Å². The van der Waals surface area contributed by atoms with Crippen LogP contribution in [0, 0.1) is 5.92 Å². The van der Waals surface area contributed by atoms with Crippen LogP contribution in [0.3, 0.4) is 0 Å². The third kappa shape index (κ3) is 5.33. The second kappa shape index (κ2) is 8.45. The minimum atomic E-state index is -0.0579. The molecule has 0 radical (unpaired) electrons. The van der Waals surface area contributed by atoms with E-state index in [1.54, 1.807) is 7.05 Å². The van der Waals surface area contributed by atoms with Gasteiger partial charge < -0.3 is 15.4 Å². The lowest BCUT2D eigenvalue weighted by molar-refractivity contribution is -0.126. The second-order valence-corrected chi connectivity index (χ2v) is 5.17. The Labute approximate surface area is 110 Å². The molecule has 0 bridgehead atoms. The molecule has 1 fully saturated rings. The first-order valence-corrected chi connectivity index (χ1v) is 6.89. The van der Waals surface area contributed by atoms with Crippen molar-refractivity contribution in [3.05, 3.63) is 0 Å². The lowest BCUT2D eigenvalue weighted by Crippen LogP contribution is -2.58. The number of likely N-dealkylation sites (N-methyl/N-ethyl adjacent to an activating group) is 1. The maximum absolute atomic E-state index is 11.7. The molecule has 1 aliphatic heterocycles. The highest BCUT2D eigenvalue weighted by molar-refractivity contribution is 5.81. The number of nitrogens with zero attached hydrogens (tertiary/aromatic N) is 1. The van der Waals surface area contributed by atoms with Gasteiger partial charge in [0.15, 0.2) is 0 Å². The smallest absolute Gasteiger partial charge is 0.238 e. The molecule has 5 nitrogen and oxygen atoms in total. The summed E-state index contributed by atoms with van der Waals surface area (Å²) in [5.74, 6) is 0.771. The molecule has 0 aromatic carbocycles. The van der Waals surface area contributed by atoms with Gasteiger partial charge in [-0.15, -0.1) is 0 Å². The Bertz CT molecular complexity index is 246. The molecule has 0 aromatic heterocycles. The third-order valence-corrected chi connectivity index (χ3v) is 3.27. The van der Waals surface area contributed by atoms with E-state index < -0.39 is 0 Å². The average molecular weight is 257 g/mol. The summed E-state index contributed by atoms with van der Waals surface area (Å²) < 4.78 is 5.62. The average Bonchev–Trinajstić information content (AvgIpc) is 2.37.